The summed E-state index contributed by atoms with van der Waals surface area (Å²) < 4.78 is 20.6. The Labute approximate surface area is 214 Å². The minimum atomic E-state index is -0.717. The summed E-state index contributed by atoms with van der Waals surface area (Å²) in [5, 5.41) is 12.9. The zero-order valence-corrected chi connectivity index (χ0v) is 21.7. The zero-order chi connectivity index (χ0) is 24.7. The minimum Gasteiger partial charge on any atom is -0.365 e. The number of anilines is 1. The monoisotopic (exact) mass is 520 g/mol. The molecule has 2 N–H and O–H groups in total. The number of nitrogens with one attached hydrogen (secondary N) is 2. The van der Waals surface area contributed by atoms with Gasteiger partial charge in [0, 0.05) is 18.1 Å². The molecule has 0 radical (unpaired) electrons. The van der Waals surface area contributed by atoms with E-state index in [0.717, 1.165) is 17.5 Å². The van der Waals surface area contributed by atoms with Crippen molar-refractivity contribution in [2.45, 2.75) is 64.6 Å². The molecule has 0 saturated carbocycles. The quantitative estimate of drug-likeness (QED) is 0.421. The number of benzene rings is 1. The van der Waals surface area contributed by atoms with E-state index < -0.39 is 12.0 Å². The summed E-state index contributed by atoms with van der Waals surface area (Å²) in [6.07, 6.45) is 0.424. The van der Waals surface area contributed by atoms with Gasteiger partial charge in [-0.05, 0) is 49.5 Å². The summed E-state index contributed by atoms with van der Waals surface area (Å²) >= 11 is 12.6. The standard InChI is InChI=1S/C24H30Cl2N6O3/c1-13(2)9-27-12-17-18-19(35-24(3,4)34-18)22(33-17)32-21-15(11-29-32)20(30-23(26)31-21)28-10-14-7-5-6-8-16(14)25/h5-8,11,13,17-19,22,27H,9-10,12H2,1-4H3,(H,28,30,31)/t17-,18-,19-,22-/m1/s1. The van der Waals surface area contributed by atoms with Crippen molar-refractivity contribution >= 4 is 40.1 Å². The molecule has 2 fully saturated rings. The Morgan fingerprint density at radius 2 is 1.89 bits per heavy atom. The second kappa shape index (κ2) is 9.80. The van der Waals surface area contributed by atoms with Crippen LogP contribution in [0.3, 0.4) is 0 Å². The van der Waals surface area contributed by atoms with Crippen LogP contribution in [0.1, 0.15) is 39.5 Å². The van der Waals surface area contributed by atoms with Gasteiger partial charge in [0.05, 0.1) is 11.6 Å². The van der Waals surface area contributed by atoms with Gasteiger partial charge in [-0.2, -0.15) is 15.1 Å². The predicted octanol–water partition coefficient (Wildman–Crippen LogP) is 4.41. The van der Waals surface area contributed by atoms with Crippen molar-refractivity contribution in [3.05, 3.63) is 46.3 Å². The molecule has 3 aromatic rings. The van der Waals surface area contributed by atoms with Gasteiger partial charge in [-0.25, -0.2) is 4.68 Å². The first kappa shape index (κ1) is 24.7. The summed E-state index contributed by atoms with van der Waals surface area (Å²) in [5.74, 6) is 0.385. The highest BCUT2D eigenvalue weighted by atomic mass is 35.5. The third-order valence-electron chi connectivity index (χ3n) is 6.10. The molecule has 11 heteroatoms. The molecule has 0 unspecified atom stereocenters. The maximum atomic E-state index is 6.43. The van der Waals surface area contributed by atoms with E-state index in [2.05, 4.69) is 39.5 Å². The van der Waals surface area contributed by atoms with Crippen LogP contribution in [0.5, 0.6) is 0 Å². The predicted molar refractivity (Wildman–Crippen MR) is 135 cm³/mol. The van der Waals surface area contributed by atoms with Crippen molar-refractivity contribution in [2.24, 2.45) is 5.92 Å². The molecule has 2 aliphatic heterocycles. The van der Waals surface area contributed by atoms with Gasteiger partial charge in [-0.3, -0.25) is 0 Å². The lowest BCUT2D eigenvalue weighted by Gasteiger charge is -2.24. The van der Waals surface area contributed by atoms with Crippen LogP contribution in [0.2, 0.25) is 10.3 Å². The molecule has 0 aliphatic carbocycles. The lowest BCUT2D eigenvalue weighted by Crippen LogP contribution is -2.38. The minimum absolute atomic E-state index is 0.106. The van der Waals surface area contributed by atoms with Crippen LogP contribution < -0.4 is 10.6 Å². The fraction of sp³-hybridized carbons (Fsp3) is 0.542. The zero-order valence-electron chi connectivity index (χ0n) is 20.2. The summed E-state index contributed by atoms with van der Waals surface area (Å²) in [6, 6.07) is 7.64. The van der Waals surface area contributed by atoms with E-state index in [1.807, 2.05) is 38.1 Å². The molecule has 2 aromatic heterocycles. The van der Waals surface area contributed by atoms with Gasteiger partial charge in [0.15, 0.2) is 17.7 Å². The SMILES string of the molecule is CC(C)CNC[C@H]1O[C@@H](n2ncc3c(NCc4ccccc4Cl)nc(Cl)nc32)[C@@H]2OC(C)(C)O[C@@H]21. The van der Waals surface area contributed by atoms with Crippen molar-refractivity contribution in [1.82, 2.24) is 25.1 Å². The Hall–Kier alpha value is -2.01. The topological polar surface area (TPSA) is 95.4 Å². The summed E-state index contributed by atoms with van der Waals surface area (Å²) in [7, 11) is 0. The maximum absolute atomic E-state index is 6.43. The van der Waals surface area contributed by atoms with Crippen LogP contribution in [0.25, 0.3) is 11.0 Å². The fourth-order valence-electron chi connectivity index (χ4n) is 4.58. The molecule has 4 heterocycles. The molecule has 5 rings (SSSR count). The summed E-state index contributed by atoms with van der Waals surface area (Å²) in [5.41, 5.74) is 1.50. The molecule has 2 aliphatic rings. The van der Waals surface area contributed by atoms with Crippen LogP contribution in [0.4, 0.5) is 5.82 Å². The first-order valence-electron chi connectivity index (χ1n) is 11.8. The molecule has 0 spiro atoms. The van der Waals surface area contributed by atoms with Crippen molar-refractivity contribution in [3.63, 3.8) is 0 Å². The van der Waals surface area contributed by atoms with Crippen molar-refractivity contribution in [2.75, 3.05) is 18.4 Å². The molecular weight excluding hydrogens is 491 g/mol. The van der Waals surface area contributed by atoms with Gasteiger partial charge in [0.1, 0.15) is 24.1 Å². The van der Waals surface area contributed by atoms with Gasteiger partial charge < -0.3 is 24.8 Å². The van der Waals surface area contributed by atoms with Crippen molar-refractivity contribution in [3.8, 4) is 0 Å². The second-order valence-electron chi connectivity index (χ2n) is 9.79. The first-order chi connectivity index (χ1) is 16.7. The number of aromatic nitrogens is 4. The van der Waals surface area contributed by atoms with Gasteiger partial charge in [-0.1, -0.05) is 43.6 Å². The third kappa shape index (κ3) is 5.12. The van der Waals surface area contributed by atoms with Gasteiger partial charge in [0.2, 0.25) is 5.28 Å². The van der Waals surface area contributed by atoms with E-state index in [9.17, 15) is 0 Å². The molecule has 4 atom stereocenters. The normalized spacial score (nSPS) is 25.5. The van der Waals surface area contributed by atoms with Crippen LogP contribution in [0.15, 0.2) is 30.5 Å². The molecule has 1 aromatic carbocycles. The Balaban J connectivity index is 1.42. The van der Waals surface area contributed by atoms with Crippen molar-refractivity contribution < 1.29 is 14.2 Å². The summed E-state index contributed by atoms with van der Waals surface area (Å²) in [6.45, 7) is 10.2. The van der Waals surface area contributed by atoms with Gasteiger partial charge in [-0.15, -0.1) is 0 Å². The van der Waals surface area contributed by atoms with E-state index >= 15 is 0 Å². The van der Waals surface area contributed by atoms with Crippen LogP contribution in [-0.4, -0.2) is 56.9 Å². The van der Waals surface area contributed by atoms with Crippen molar-refractivity contribution in [1.29, 1.82) is 0 Å². The molecular formula is C24H30Cl2N6O3. The lowest BCUT2D eigenvalue weighted by atomic mass is 10.1. The second-order valence-corrected chi connectivity index (χ2v) is 10.5. The lowest BCUT2D eigenvalue weighted by molar-refractivity contribution is -0.197. The third-order valence-corrected chi connectivity index (χ3v) is 6.63. The Morgan fingerprint density at radius 1 is 1.11 bits per heavy atom. The van der Waals surface area contributed by atoms with E-state index in [1.165, 1.54) is 0 Å². The largest absolute Gasteiger partial charge is 0.365 e. The number of rotatable bonds is 8. The van der Waals surface area contributed by atoms with E-state index in [1.54, 1.807) is 10.9 Å². The van der Waals surface area contributed by atoms with Crippen LogP contribution >= 0.6 is 23.2 Å². The fourth-order valence-corrected chi connectivity index (χ4v) is 4.94. The molecule has 35 heavy (non-hydrogen) atoms. The first-order valence-corrected chi connectivity index (χ1v) is 12.6. The molecule has 188 valence electrons. The highest BCUT2D eigenvalue weighted by molar-refractivity contribution is 6.31. The maximum Gasteiger partial charge on any atom is 0.226 e. The Morgan fingerprint density at radius 3 is 2.66 bits per heavy atom. The van der Waals surface area contributed by atoms with E-state index in [0.29, 0.717) is 35.5 Å². The van der Waals surface area contributed by atoms with Gasteiger partial charge >= 0.3 is 0 Å². The number of halogens is 2. The van der Waals surface area contributed by atoms with Crippen LogP contribution in [0, 0.1) is 5.92 Å². The highest BCUT2D eigenvalue weighted by Gasteiger charge is 2.56. The highest BCUT2D eigenvalue weighted by Crippen LogP contribution is 2.43. The van der Waals surface area contributed by atoms with E-state index in [-0.39, 0.29) is 23.6 Å². The molecule has 9 nitrogen and oxygen atoms in total. The average molecular weight is 521 g/mol. The van der Waals surface area contributed by atoms with E-state index in [4.69, 9.17) is 37.4 Å². The Bertz CT molecular complexity index is 1200. The summed E-state index contributed by atoms with van der Waals surface area (Å²) in [4.78, 5) is 8.86. The Kier molecular flexibility index (Phi) is 6.91. The molecule has 0 amide bonds. The van der Waals surface area contributed by atoms with Crippen LogP contribution in [-0.2, 0) is 20.8 Å². The number of ether oxygens (including phenoxy) is 3. The molecule has 0 bridgehead atoms. The number of hydrogen-bond donors (Lipinski definition) is 2. The smallest absolute Gasteiger partial charge is 0.226 e. The van der Waals surface area contributed by atoms with Gasteiger partial charge in [0.25, 0.3) is 0 Å². The average Bonchev–Trinajstić information content (AvgIpc) is 3.44. The number of hydrogen-bond acceptors (Lipinski definition) is 8. The molecule has 2 saturated heterocycles. The number of nitrogens with zero attached hydrogens (tertiary/aromatic N) is 4. The number of fused-ring (bicyclic) bond motifs is 2.